The smallest absolute Gasteiger partial charge is 0.462 e. The second kappa shape index (κ2) is 71.9. The van der Waals surface area contributed by atoms with Gasteiger partial charge < -0.3 is 33.8 Å². The van der Waals surface area contributed by atoms with Crippen LogP contribution < -0.4 is 0 Å². The second-order valence-corrected chi connectivity index (χ2v) is 29.2. The SMILES string of the molecule is CC/C=C\C/C=C\C/C=C\C/C=C\CCCCCCCCC(=O)OCC(COP(=O)(O)OCC(O)COP(=O)(O)OCC(COC(=O)CCCCCCC/C=C\CCCCCCCC)OC(=O)CCCCCCCCCCCCCCC)OC(=O)CCCCCCC/C=C\CCCC. The van der Waals surface area contributed by atoms with Gasteiger partial charge in [-0.1, -0.05) is 287 Å². The summed E-state index contributed by atoms with van der Waals surface area (Å²) in [4.78, 5) is 72.8. The summed E-state index contributed by atoms with van der Waals surface area (Å²) >= 11 is 0. The van der Waals surface area contributed by atoms with E-state index in [0.29, 0.717) is 25.7 Å². The summed E-state index contributed by atoms with van der Waals surface area (Å²) in [6.07, 6.45) is 71.7. The minimum atomic E-state index is -4.97. The number of esters is 4. The number of hydrogen-bond acceptors (Lipinski definition) is 15. The maximum atomic E-state index is 13.1. The van der Waals surface area contributed by atoms with E-state index in [2.05, 4.69) is 101 Å². The van der Waals surface area contributed by atoms with Gasteiger partial charge in [-0.25, -0.2) is 9.13 Å². The van der Waals surface area contributed by atoms with Gasteiger partial charge in [0.15, 0.2) is 12.2 Å². The molecule has 3 N–H and O–H groups in total. The van der Waals surface area contributed by atoms with Gasteiger partial charge in [-0.05, 0) is 109 Å². The first-order valence-electron chi connectivity index (χ1n) is 39.2. The van der Waals surface area contributed by atoms with E-state index in [0.717, 1.165) is 167 Å². The van der Waals surface area contributed by atoms with Crippen LogP contribution in [0.2, 0.25) is 0 Å². The van der Waals surface area contributed by atoms with Gasteiger partial charge in [0.1, 0.15) is 19.3 Å². The van der Waals surface area contributed by atoms with Crippen LogP contribution in [0.15, 0.2) is 72.9 Å². The van der Waals surface area contributed by atoms with Crippen molar-refractivity contribution < 1.29 is 80.2 Å². The molecule has 0 amide bonds. The molecule has 0 aliphatic heterocycles. The molecule has 0 rings (SSSR count). The lowest BCUT2D eigenvalue weighted by molar-refractivity contribution is -0.161. The molecule has 0 aromatic rings. The molecular weight excluding hydrogens is 1280 g/mol. The first kappa shape index (κ1) is 94.5. The van der Waals surface area contributed by atoms with E-state index in [9.17, 15) is 43.2 Å². The first-order chi connectivity index (χ1) is 47.7. The van der Waals surface area contributed by atoms with Crippen molar-refractivity contribution in [1.82, 2.24) is 0 Å². The zero-order valence-electron chi connectivity index (χ0n) is 62.2. The Kier molecular flexibility index (Phi) is 69.3. The van der Waals surface area contributed by atoms with Crippen molar-refractivity contribution in [1.29, 1.82) is 0 Å². The number of ether oxygens (including phenoxy) is 4. The predicted octanol–water partition coefficient (Wildman–Crippen LogP) is 22.4. The van der Waals surface area contributed by atoms with Gasteiger partial charge in [-0.2, -0.15) is 0 Å². The van der Waals surface area contributed by atoms with Crippen LogP contribution in [-0.4, -0.2) is 96.7 Å². The van der Waals surface area contributed by atoms with Crippen molar-refractivity contribution >= 4 is 39.5 Å². The molecule has 98 heavy (non-hydrogen) atoms. The summed E-state index contributed by atoms with van der Waals surface area (Å²) in [6, 6.07) is 0. The molecule has 5 atom stereocenters. The molecule has 0 radical (unpaired) electrons. The monoisotopic (exact) mass is 1420 g/mol. The number of rotatable bonds is 74. The van der Waals surface area contributed by atoms with E-state index in [1.54, 1.807) is 0 Å². The molecule has 0 aromatic heterocycles. The normalized spacial score (nSPS) is 14.3. The van der Waals surface area contributed by atoms with Gasteiger partial charge in [0.2, 0.25) is 0 Å². The number of phosphoric acid groups is 2. The molecule has 0 aliphatic carbocycles. The average Bonchev–Trinajstić information content (AvgIpc) is 1.00. The summed E-state index contributed by atoms with van der Waals surface area (Å²) in [5.74, 6) is -2.18. The first-order valence-corrected chi connectivity index (χ1v) is 42.2. The van der Waals surface area contributed by atoms with Crippen LogP contribution >= 0.6 is 15.6 Å². The number of aliphatic hydroxyl groups excluding tert-OH is 1. The fourth-order valence-electron chi connectivity index (χ4n) is 10.7. The average molecular weight is 1430 g/mol. The third-order valence-electron chi connectivity index (χ3n) is 16.7. The van der Waals surface area contributed by atoms with Crippen molar-refractivity contribution in [2.24, 2.45) is 0 Å². The van der Waals surface area contributed by atoms with E-state index < -0.39 is 97.5 Å². The molecule has 0 saturated heterocycles. The van der Waals surface area contributed by atoms with Crippen molar-refractivity contribution in [3.05, 3.63) is 72.9 Å². The summed E-state index contributed by atoms with van der Waals surface area (Å²) < 4.78 is 68.5. The minimum Gasteiger partial charge on any atom is -0.462 e. The molecule has 17 nitrogen and oxygen atoms in total. The minimum absolute atomic E-state index is 0.0831. The summed E-state index contributed by atoms with van der Waals surface area (Å²) in [7, 11) is -9.94. The van der Waals surface area contributed by atoms with Gasteiger partial charge in [0.05, 0.1) is 26.4 Å². The third-order valence-corrected chi connectivity index (χ3v) is 18.6. The molecule has 0 aromatic carbocycles. The van der Waals surface area contributed by atoms with Crippen LogP contribution in [0.4, 0.5) is 0 Å². The Hall–Kier alpha value is -3.50. The third kappa shape index (κ3) is 70.9. The summed E-state index contributed by atoms with van der Waals surface area (Å²) in [5, 5.41) is 10.6. The Morgan fingerprint density at radius 1 is 0.296 bits per heavy atom. The lowest BCUT2D eigenvalue weighted by atomic mass is 10.0. The van der Waals surface area contributed by atoms with Crippen LogP contribution in [0, 0.1) is 0 Å². The number of aliphatic hydroxyl groups is 1. The number of carbonyl (C=O) groups excluding carboxylic acids is 4. The van der Waals surface area contributed by atoms with Gasteiger partial charge in [0, 0.05) is 25.7 Å². The van der Waals surface area contributed by atoms with Crippen molar-refractivity contribution in [2.45, 2.75) is 367 Å². The van der Waals surface area contributed by atoms with Crippen molar-refractivity contribution in [3.8, 4) is 0 Å². The number of unbranched alkanes of at least 4 members (excludes halogenated alkanes) is 36. The highest BCUT2D eigenvalue weighted by Gasteiger charge is 2.30. The molecule has 570 valence electrons. The lowest BCUT2D eigenvalue weighted by Gasteiger charge is -2.21. The Bertz CT molecular complexity index is 2140. The second-order valence-electron chi connectivity index (χ2n) is 26.3. The van der Waals surface area contributed by atoms with Crippen LogP contribution in [-0.2, 0) is 65.4 Å². The van der Waals surface area contributed by atoms with E-state index in [1.807, 2.05) is 0 Å². The number of carbonyl (C=O) groups is 4. The fourth-order valence-corrected chi connectivity index (χ4v) is 12.2. The zero-order valence-corrected chi connectivity index (χ0v) is 64.0. The van der Waals surface area contributed by atoms with Crippen LogP contribution in [0.25, 0.3) is 0 Å². The van der Waals surface area contributed by atoms with Gasteiger partial charge >= 0.3 is 39.5 Å². The van der Waals surface area contributed by atoms with Crippen LogP contribution in [0.3, 0.4) is 0 Å². The number of phosphoric ester groups is 2. The standard InChI is InChI=1S/C79H142O17P2/c1-5-9-13-17-21-25-29-32-34-35-36-37-39-42-45-48-52-56-60-64-77(82)89-69-74(95-78(83)65-61-57-53-49-43-28-24-20-16-12-8-4)71-93-97(85,86)91-67-73(80)68-92-98(87,88)94-72-75(96-79(84)66-62-58-54-50-46-40-31-27-23-19-15-11-7-3)70-90-76(81)63-59-55-51-47-44-41-38-33-30-26-22-18-14-10-6-2/h9,13,20-21,24-25,32-34,36-38,73-75,80H,5-8,10-12,14-19,22-23,26-31,35,39-72H2,1-4H3,(H,85,86)(H,87,88)/b13-9-,24-20-,25-21-,34-32-,37-36-,38-33-. The summed E-state index contributed by atoms with van der Waals surface area (Å²) in [5.41, 5.74) is 0. The van der Waals surface area contributed by atoms with E-state index in [-0.39, 0.29) is 25.7 Å². The molecule has 0 heterocycles. The Morgan fingerprint density at radius 2 is 0.541 bits per heavy atom. The number of allylic oxidation sites excluding steroid dienone is 12. The number of hydrogen-bond donors (Lipinski definition) is 3. The van der Waals surface area contributed by atoms with Gasteiger partial charge in [0.25, 0.3) is 0 Å². The largest absolute Gasteiger partial charge is 0.472 e. The zero-order chi connectivity index (χ0) is 71.8. The van der Waals surface area contributed by atoms with Gasteiger partial charge in [-0.3, -0.25) is 37.3 Å². The van der Waals surface area contributed by atoms with E-state index >= 15 is 0 Å². The highest BCUT2D eigenvalue weighted by molar-refractivity contribution is 7.47. The van der Waals surface area contributed by atoms with Crippen molar-refractivity contribution in [2.75, 3.05) is 39.6 Å². The Balaban J connectivity index is 5.29. The fraction of sp³-hybridized carbons (Fsp3) is 0.797. The molecular formula is C79H142O17P2. The molecule has 0 spiro atoms. The van der Waals surface area contributed by atoms with Crippen LogP contribution in [0.5, 0.6) is 0 Å². The molecule has 0 saturated carbocycles. The predicted molar refractivity (Wildman–Crippen MR) is 400 cm³/mol. The summed E-state index contributed by atoms with van der Waals surface area (Å²) in [6.45, 7) is 4.73. The lowest BCUT2D eigenvalue weighted by Crippen LogP contribution is -2.30. The Labute approximate surface area is 596 Å². The van der Waals surface area contributed by atoms with E-state index in [4.69, 9.17) is 37.0 Å². The molecule has 0 fully saturated rings. The maximum absolute atomic E-state index is 13.1. The quantitative estimate of drug-likeness (QED) is 0.0169. The highest BCUT2D eigenvalue weighted by atomic mass is 31.2. The molecule has 0 aliphatic rings. The Morgan fingerprint density at radius 3 is 0.857 bits per heavy atom. The van der Waals surface area contributed by atoms with E-state index in [1.165, 1.54) is 103 Å². The molecule has 5 unspecified atom stereocenters. The van der Waals surface area contributed by atoms with Crippen LogP contribution in [0.1, 0.15) is 349 Å². The molecule has 19 heteroatoms. The maximum Gasteiger partial charge on any atom is 0.472 e. The topological polar surface area (TPSA) is 237 Å². The van der Waals surface area contributed by atoms with Gasteiger partial charge in [-0.15, -0.1) is 0 Å². The highest BCUT2D eigenvalue weighted by Crippen LogP contribution is 2.45. The van der Waals surface area contributed by atoms with Crippen molar-refractivity contribution in [3.63, 3.8) is 0 Å². The molecule has 0 bridgehead atoms.